The van der Waals surface area contributed by atoms with E-state index in [1.807, 2.05) is 0 Å². The van der Waals surface area contributed by atoms with Crippen LogP contribution in [0.2, 0.25) is 0 Å². The number of benzene rings is 2. The average Bonchev–Trinajstić information content (AvgIpc) is 2.97. The number of aromatic nitrogens is 1. The summed E-state index contributed by atoms with van der Waals surface area (Å²) in [7, 11) is 0. The van der Waals surface area contributed by atoms with E-state index in [2.05, 4.69) is 5.32 Å². The highest BCUT2D eigenvalue weighted by molar-refractivity contribution is 6.04. The number of carbonyl (C=O) groups is 3. The number of carbonyl (C=O) groups excluding carboxylic acids is 2. The van der Waals surface area contributed by atoms with Crippen molar-refractivity contribution in [2.45, 2.75) is 39.2 Å². The summed E-state index contributed by atoms with van der Waals surface area (Å²) >= 11 is 0. The Morgan fingerprint density at radius 3 is 2.47 bits per heavy atom. The highest BCUT2D eigenvalue weighted by atomic mass is 19.2. The number of phenols is 1. The minimum absolute atomic E-state index is 0.0267. The normalized spacial score (nSPS) is 12.0. The van der Waals surface area contributed by atoms with Crippen LogP contribution < -0.4 is 5.32 Å². The third-order valence-electron chi connectivity index (χ3n) is 5.18. The quantitative estimate of drug-likeness (QED) is 0.517. The molecule has 0 bridgehead atoms. The van der Waals surface area contributed by atoms with Gasteiger partial charge in [0, 0.05) is 29.1 Å². The number of hydrogen-bond donors (Lipinski definition) is 3. The molecule has 0 unspecified atom stereocenters. The van der Waals surface area contributed by atoms with Crippen LogP contribution in [0.3, 0.4) is 0 Å². The highest BCUT2D eigenvalue weighted by Gasteiger charge is 2.22. The summed E-state index contributed by atoms with van der Waals surface area (Å²) in [6.07, 6.45) is 0.0368. The molecule has 3 N–H and O–H groups in total. The molecule has 1 aromatic heterocycles. The number of halogens is 2. The first kappa shape index (κ1) is 22.9. The SMILES string of the molecule is Cc1c(CCC(=O)N[C@@H](C)CC(=O)O)c2cc(O)ccc2n1C(=O)c1ccc(F)c(F)c1. The molecule has 9 heteroatoms. The molecule has 0 radical (unpaired) electrons. The van der Waals surface area contributed by atoms with E-state index in [-0.39, 0.29) is 36.5 Å². The number of aromatic hydroxyl groups is 1. The van der Waals surface area contributed by atoms with Crippen molar-refractivity contribution < 1.29 is 33.4 Å². The zero-order valence-corrected chi connectivity index (χ0v) is 17.5. The molecule has 1 heterocycles. The number of carboxylic acid groups (broad SMARTS) is 1. The Morgan fingerprint density at radius 1 is 1.09 bits per heavy atom. The zero-order chi connectivity index (χ0) is 23.6. The van der Waals surface area contributed by atoms with Crippen LogP contribution in [0.15, 0.2) is 36.4 Å². The first-order chi connectivity index (χ1) is 15.1. The van der Waals surface area contributed by atoms with Gasteiger partial charge in [-0.25, -0.2) is 8.78 Å². The van der Waals surface area contributed by atoms with E-state index in [9.17, 15) is 28.3 Å². The standard InChI is InChI=1S/C23H22F2N2O5/c1-12(9-22(30)31)26-21(29)8-5-16-13(2)27(20-7-4-15(28)11-17(16)20)23(32)14-3-6-18(24)19(25)10-14/h3-4,6-7,10-12,28H,5,8-9H2,1-2H3,(H,26,29)(H,30,31)/t12-/m0/s1. The van der Waals surface area contributed by atoms with E-state index in [1.54, 1.807) is 13.8 Å². The van der Waals surface area contributed by atoms with Crippen molar-refractivity contribution >= 4 is 28.7 Å². The van der Waals surface area contributed by atoms with E-state index in [0.717, 1.165) is 12.1 Å². The molecule has 0 aliphatic carbocycles. The van der Waals surface area contributed by atoms with Crippen LogP contribution >= 0.6 is 0 Å². The summed E-state index contributed by atoms with van der Waals surface area (Å²) in [4.78, 5) is 36.1. The Morgan fingerprint density at radius 2 is 1.81 bits per heavy atom. The monoisotopic (exact) mass is 444 g/mol. The van der Waals surface area contributed by atoms with Crippen molar-refractivity contribution in [3.8, 4) is 5.75 Å². The van der Waals surface area contributed by atoms with Gasteiger partial charge in [0.05, 0.1) is 11.9 Å². The molecule has 0 aliphatic heterocycles. The summed E-state index contributed by atoms with van der Waals surface area (Å²) in [5, 5.41) is 21.9. The lowest BCUT2D eigenvalue weighted by Gasteiger charge is -2.11. The number of phenolic OH excluding ortho intramolecular Hbond substituents is 1. The van der Waals surface area contributed by atoms with Crippen LogP contribution in [0, 0.1) is 18.6 Å². The topological polar surface area (TPSA) is 109 Å². The fraction of sp³-hybridized carbons (Fsp3) is 0.261. The molecule has 1 atom stereocenters. The minimum Gasteiger partial charge on any atom is -0.508 e. The van der Waals surface area contributed by atoms with Crippen molar-refractivity contribution in [1.82, 2.24) is 9.88 Å². The number of fused-ring (bicyclic) bond motifs is 1. The summed E-state index contributed by atoms with van der Waals surface area (Å²) in [5.74, 6) is -4.20. The lowest BCUT2D eigenvalue weighted by Crippen LogP contribution is -2.34. The van der Waals surface area contributed by atoms with Crippen molar-refractivity contribution in [3.63, 3.8) is 0 Å². The lowest BCUT2D eigenvalue weighted by molar-refractivity contribution is -0.137. The van der Waals surface area contributed by atoms with Crippen LogP contribution in [0.4, 0.5) is 8.78 Å². The number of aryl methyl sites for hydroxylation is 1. The first-order valence-electron chi connectivity index (χ1n) is 9.92. The summed E-state index contributed by atoms with van der Waals surface area (Å²) in [6.45, 7) is 3.25. The maximum Gasteiger partial charge on any atom is 0.305 e. The molecule has 3 aromatic rings. The number of nitrogens with one attached hydrogen (secondary N) is 1. The van der Waals surface area contributed by atoms with E-state index < -0.39 is 29.6 Å². The zero-order valence-electron chi connectivity index (χ0n) is 17.5. The summed E-state index contributed by atoms with van der Waals surface area (Å²) in [6, 6.07) is 6.75. The van der Waals surface area contributed by atoms with Gasteiger partial charge < -0.3 is 15.5 Å². The number of aliphatic carboxylic acids is 1. The molecule has 3 rings (SSSR count). The van der Waals surface area contributed by atoms with E-state index >= 15 is 0 Å². The van der Waals surface area contributed by atoms with E-state index in [4.69, 9.17) is 5.11 Å². The second-order valence-corrected chi connectivity index (χ2v) is 7.60. The molecule has 7 nitrogen and oxygen atoms in total. The Hall–Kier alpha value is -3.75. The lowest BCUT2D eigenvalue weighted by atomic mass is 10.0. The third kappa shape index (κ3) is 4.77. The molecular formula is C23H22F2N2O5. The van der Waals surface area contributed by atoms with Crippen LogP contribution in [-0.4, -0.2) is 38.6 Å². The Bertz CT molecular complexity index is 1220. The molecular weight excluding hydrogens is 422 g/mol. The second-order valence-electron chi connectivity index (χ2n) is 7.60. The largest absolute Gasteiger partial charge is 0.508 e. The predicted molar refractivity (Wildman–Crippen MR) is 113 cm³/mol. The van der Waals surface area contributed by atoms with Crippen LogP contribution in [-0.2, 0) is 16.0 Å². The number of nitrogens with zero attached hydrogens (tertiary/aromatic N) is 1. The van der Waals surface area contributed by atoms with Gasteiger partial charge in [0.15, 0.2) is 11.6 Å². The van der Waals surface area contributed by atoms with Crippen molar-refractivity contribution in [2.75, 3.05) is 0 Å². The van der Waals surface area contributed by atoms with E-state index in [0.29, 0.717) is 22.2 Å². The molecule has 32 heavy (non-hydrogen) atoms. The Labute approximate surface area is 182 Å². The molecule has 0 spiro atoms. The minimum atomic E-state index is -1.14. The number of carboxylic acids is 1. The van der Waals surface area contributed by atoms with Crippen molar-refractivity contribution in [2.24, 2.45) is 0 Å². The van der Waals surface area contributed by atoms with Crippen LogP contribution in [0.25, 0.3) is 10.9 Å². The molecule has 0 saturated heterocycles. The maximum atomic E-state index is 13.7. The molecule has 0 aliphatic rings. The van der Waals surface area contributed by atoms with Crippen LogP contribution in [0.5, 0.6) is 5.75 Å². The Kier molecular flexibility index (Phi) is 6.57. The fourth-order valence-corrected chi connectivity index (χ4v) is 3.71. The Balaban J connectivity index is 1.94. The predicted octanol–water partition coefficient (Wildman–Crippen LogP) is 3.53. The smallest absolute Gasteiger partial charge is 0.305 e. The van der Waals surface area contributed by atoms with Gasteiger partial charge in [-0.15, -0.1) is 0 Å². The van der Waals surface area contributed by atoms with Gasteiger partial charge in [0.1, 0.15) is 5.75 Å². The number of hydrogen-bond acceptors (Lipinski definition) is 4. The van der Waals surface area contributed by atoms with Crippen LogP contribution in [0.1, 0.15) is 41.4 Å². The summed E-state index contributed by atoms with van der Waals surface area (Å²) in [5.41, 5.74) is 1.52. The fourth-order valence-electron chi connectivity index (χ4n) is 3.71. The average molecular weight is 444 g/mol. The maximum absolute atomic E-state index is 13.7. The van der Waals surface area contributed by atoms with Gasteiger partial charge in [-0.3, -0.25) is 19.0 Å². The molecule has 2 aromatic carbocycles. The van der Waals surface area contributed by atoms with Gasteiger partial charge in [-0.05, 0) is 62.2 Å². The first-order valence-corrected chi connectivity index (χ1v) is 9.92. The van der Waals surface area contributed by atoms with Gasteiger partial charge in [0.25, 0.3) is 5.91 Å². The van der Waals surface area contributed by atoms with Crippen molar-refractivity contribution in [3.05, 3.63) is 64.9 Å². The molecule has 1 amide bonds. The highest BCUT2D eigenvalue weighted by Crippen LogP contribution is 2.31. The number of rotatable bonds is 7. The third-order valence-corrected chi connectivity index (χ3v) is 5.18. The molecule has 168 valence electrons. The summed E-state index contributed by atoms with van der Waals surface area (Å²) < 4.78 is 28.3. The van der Waals surface area contributed by atoms with E-state index in [1.165, 1.54) is 28.8 Å². The van der Waals surface area contributed by atoms with Crippen molar-refractivity contribution in [1.29, 1.82) is 0 Å². The van der Waals surface area contributed by atoms with Gasteiger partial charge in [-0.2, -0.15) is 0 Å². The number of amides is 1. The van der Waals surface area contributed by atoms with Gasteiger partial charge in [0.2, 0.25) is 5.91 Å². The molecule has 0 saturated carbocycles. The van der Waals surface area contributed by atoms with Gasteiger partial charge in [-0.1, -0.05) is 0 Å². The van der Waals surface area contributed by atoms with Gasteiger partial charge >= 0.3 is 5.97 Å². The second kappa shape index (κ2) is 9.17. The molecule has 0 fully saturated rings.